The van der Waals surface area contributed by atoms with Gasteiger partial charge in [0.15, 0.2) is 5.82 Å². The first-order chi connectivity index (χ1) is 14.2. The Hall–Kier alpha value is -3.00. The van der Waals surface area contributed by atoms with Gasteiger partial charge in [0.1, 0.15) is 12.4 Å². The maximum atomic E-state index is 12.4. The number of carbonyl (C=O) groups is 1. The Bertz CT molecular complexity index is 1030. The number of hydrogen-bond donors (Lipinski definition) is 2. The monoisotopic (exact) mass is 425 g/mol. The van der Waals surface area contributed by atoms with E-state index >= 15 is 0 Å². The van der Waals surface area contributed by atoms with Gasteiger partial charge in [-0.25, -0.2) is 4.68 Å². The van der Waals surface area contributed by atoms with Gasteiger partial charge in [-0.3, -0.25) is 4.79 Å². The second-order valence-electron chi connectivity index (χ2n) is 7.49. The molecule has 7 nitrogen and oxygen atoms in total. The summed E-state index contributed by atoms with van der Waals surface area (Å²) in [4.78, 5) is 12.4. The van der Waals surface area contributed by atoms with Gasteiger partial charge >= 0.3 is 0 Å². The summed E-state index contributed by atoms with van der Waals surface area (Å²) >= 11 is 1.23. The molecule has 0 aliphatic carbocycles. The van der Waals surface area contributed by atoms with E-state index in [1.54, 1.807) is 0 Å². The molecular weight excluding hydrogens is 398 g/mol. The highest BCUT2D eigenvalue weighted by Gasteiger charge is 2.14. The number of benzene rings is 2. The fourth-order valence-corrected chi connectivity index (χ4v) is 4.03. The van der Waals surface area contributed by atoms with Crippen LogP contribution < -0.4 is 15.9 Å². The molecule has 0 aliphatic rings. The maximum absolute atomic E-state index is 12.4. The quantitative estimate of drug-likeness (QED) is 0.441. The smallest absolute Gasteiger partial charge is 0.234 e. The third kappa shape index (κ3) is 5.33. The van der Waals surface area contributed by atoms with Gasteiger partial charge in [-0.1, -0.05) is 35.5 Å². The van der Waals surface area contributed by atoms with Gasteiger partial charge in [0.2, 0.25) is 11.1 Å². The first kappa shape index (κ1) is 21.7. The van der Waals surface area contributed by atoms with Crippen molar-refractivity contribution in [3.63, 3.8) is 0 Å². The number of carbonyl (C=O) groups excluding carboxylic acids is 1. The van der Waals surface area contributed by atoms with Gasteiger partial charge < -0.3 is 15.9 Å². The lowest BCUT2D eigenvalue weighted by atomic mass is 10.1. The van der Waals surface area contributed by atoms with Crippen LogP contribution in [0.1, 0.15) is 33.6 Å². The lowest BCUT2D eigenvalue weighted by Gasteiger charge is -2.12. The van der Waals surface area contributed by atoms with Crippen molar-refractivity contribution in [2.75, 3.05) is 16.9 Å². The Balaban J connectivity index is 1.58. The Labute approximate surface area is 181 Å². The number of amides is 1. The van der Waals surface area contributed by atoms with E-state index in [-0.39, 0.29) is 18.3 Å². The summed E-state index contributed by atoms with van der Waals surface area (Å²) in [5, 5.41) is 11.6. The van der Waals surface area contributed by atoms with Gasteiger partial charge in [-0.2, -0.15) is 0 Å². The molecule has 1 aromatic heterocycles. The number of thioether (sulfide) groups is 1. The number of rotatable bonds is 7. The highest BCUT2D eigenvalue weighted by atomic mass is 32.2. The van der Waals surface area contributed by atoms with Crippen molar-refractivity contribution < 1.29 is 9.53 Å². The Morgan fingerprint density at radius 2 is 1.60 bits per heavy atom. The van der Waals surface area contributed by atoms with Gasteiger partial charge in [-0.05, 0) is 69.0 Å². The normalized spacial score (nSPS) is 10.8. The van der Waals surface area contributed by atoms with Crippen molar-refractivity contribution in [2.24, 2.45) is 0 Å². The Kier molecular flexibility index (Phi) is 6.66. The van der Waals surface area contributed by atoms with E-state index in [2.05, 4.69) is 21.6 Å². The molecule has 0 bridgehead atoms. The summed E-state index contributed by atoms with van der Waals surface area (Å²) < 4.78 is 7.16. The summed E-state index contributed by atoms with van der Waals surface area (Å²) in [5.41, 5.74) is 6.35. The van der Waals surface area contributed by atoms with E-state index in [0.717, 1.165) is 33.7 Å². The standard InChI is InChI=1S/C22H27N5O2S/c1-13-6-14(2)10-18(9-13)29-11-19-25-26-22(27(19)23)30-12-20(28)24-21-16(4)7-15(3)8-17(21)5/h6-10H,11-12,23H2,1-5H3,(H,24,28). The van der Waals surface area contributed by atoms with E-state index in [1.165, 1.54) is 22.0 Å². The summed E-state index contributed by atoms with van der Waals surface area (Å²) in [7, 11) is 0. The average molecular weight is 426 g/mol. The van der Waals surface area contributed by atoms with Crippen molar-refractivity contribution >= 4 is 23.4 Å². The van der Waals surface area contributed by atoms with Crippen LogP contribution in [0.2, 0.25) is 0 Å². The lowest BCUT2D eigenvalue weighted by Crippen LogP contribution is -2.18. The second-order valence-corrected chi connectivity index (χ2v) is 8.43. The number of aromatic nitrogens is 3. The molecule has 0 saturated carbocycles. The number of hydrogen-bond acceptors (Lipinski definition) is 6. The molecule has 3 N–H and O–H groups in total. The first-order valence-electron chi connectivity index (χ1n) is 9.64. The minimum atomic E-state index is -0.119. The number of anilines is 1. The molecule has 1 heterocycles. The molecule has 8 heteroatoms. The van der Waals surface area contributed by atoms with Crippen LogP contribution in [0.3, 0.4) is 0 Å². The van der Waals surface area contributed by atoms with Crippen molar-refractivity contribution in [2.45, 2.75) is 46.4 Å². The Morgan fingerprint density at radius 3 is 2.23 bits per heavy atom. The van der Waals surface area contributed by atoms with Crippen LogP contribution in [0.25, 0.3) is 0 Å². The van der Waals surface area contributed by atoms with Gasteiger partial charge in [0.05, 0.1) is 5.75 Å². The van der Waals surface area contributed by atoms with Crippen LogP contribution in [0.15, 0.2) is 35.5 Å². The van der Waals surface area contributed by atoms with Gasteiger partial charge in [0, 0.05) is 5.69 Å². The highest BCUT2D eigenvalue weighted by molar-refractivity contribution is 7.99. The number of nitrogens with zero attached hydrogens (tertiary/aromatic N) is 3. The zero-order chi connectivity index (χ0) is 21.8. The summed E-state index contributed by atoms with van der Waals surface area (Å²) in [6.07, 6.45) is 0. The zero-order valence-electron chi connectivity index (χ0n) is 17.9. The van der Waals surface area contributed by atoms with Gasteiger partial charge in [0.25, 0.3) is 0 Å². The maximum Gasteiger partial charge on any atom is 0.234 e. The van der Waals surface area contributed by atoms with E-state index in [1.807, 2.05) is 58.9 Å². The van der Waals surface area contributed by atoms with Crippen LogP contribution in [0.4, 0.5) is 5.69 Å². The largest absolute Gasteiger partial charge is 0.486 e. The molecule has 158 valence electrons. The zero-order valence-corrected chi connectivity index (χ0v) is 18.8. The van der Waals surface area contributed by atoms with Crippen molar-refractivity contribution in [3.05, 3.63) is 64.0 Å². The summed E-state index contributed by atoms with van der Waals surface area (Å²) in [6, 6.07) is 10.1. The second kappa shape index (κ2) is 9.21. The lowest BCUT2D eigenvalue weighted by molar-refractivity contribution is -0.113. The van der Waals surface area contributed by atoms with Crippen molar-refractivity contribution in [3.8, 4) is 5.75 Å². The van der Waals surface area contributed by atoms with Crippen LogP contribution >= 0.6 is 11.8 Å². The third-order valence-corrected chi connectivity index (χ3v) is 5.52. The van der Waals surface area contributed by atoms with E-state index in [4.69, 9.17) is 10.6 Å². The van der Waals surface area contributed by atoms with Gasteiger partial charge in [-0.15, -0.1) is 10.2 Å². The molecule has 3 aromatic rings. The van der Waals surface area contributed by atoms with E-state index < -0.39 is 0 Å². The van der Waals surface area contributed by atoms with Crippen LogP contribution in [0.5, 0.6) is 5.75 Å². The SMILES string of the molecule is Cc1cc(C)cc(OCc2nnc(SCC(=O)Nc3c(C)cc(C)cc3C)n2N)c1. The van der Waals surface area contributed by atoms with E-state index in [9.17, 15) is 4.79 Å². The number of aryl methyl sites for hydroxylation is 5. The molecule has 3 rings (SSSR count). The molecule has 0 spiro atoms. The first-order valence-corrected chi connectivity index (χ1v) is 10.6. The Morgan fingerprint density at radius 1 is 1.00 bits per heavy atom. The van der Waals surface area contributed by atoms with Crippen LogP contribution in [-0.2, 0) is 11.4 Å². The molecule has 1 amide bonds. The molecule has 30 heavy (non-hydrogen) atoms. The number of nitrogen functional groups attached to an aromatic ring is 1. The van der Waals surface area contributed by atoms with Crippen molar-refractivity contribution in [1.82, 2.24) is 14.9 Å². The number of ether oxygens (including phenoxy) is 1. The van der Waals surface area contributed by atoms with E-state index in [0.29, 0.717) is 11.0 Å². The molecule has 0 aliphatic heterocycles. The molecule has 0 radical (unpaired) electrons. The highest BCUT2D eigenvalue weighted by Crippen LogP contribution is 2.23. The number of nitrogens with two attached hydrogens (primary N) is 1. The number of nitrogens with one attached hydrogen (secondary N) is 1. The summed E-state index contributed by atoms with van der Waals surface area (Å²) in [5.74, 6) is 7.40. The molecule has 0 fully saturated rings. The molecule has 0 unspecified atom stereocenters. The van der Waals surface area contributed by atoms with Crippen LogP contribution in [0, 0.1) is 34.6 Å². The van der Waals surface area contributed by atoms with Crippen LogP contribution in [-0.4, -0.2) is 26.5 Å². The molecule has 0 atom stereocenters. The van der Waals surface area contributed by atoms with Crippen molar-refractivity contribution in [1.29, 1.82) is 0 Å². The fraction of sp³-hybridized carbons (Fsp3) is 0.318. The predicted octanol–water partition coefficient (Wildman–Crippen LogP) is 3.84. The minimum absolute atomic E-state index is 0.119. The fourth-order valence-electron chi connectivity index (χ4n) is 3.35. The summed E-state index contributed by atoms with van der Waals surface area (Å²) in [6.45, 7) is 10.2. The minimum Gasteiger partial charge on any atom is -0.486 e. The molecular formula is C22H27N5O2S. The third-order valence-electron chi connectivity index (χ3n) is 4.57. The average Bonchev–Trinajstić information content (AvgIpc) is 3.00. The molecule has 2 aromatic carbocycles. The predicted molar refractivity (Wildman–Crippen MR) is 120 cm³/mol. The topological polar surface area (TPSA) is 95.1 Å². The molecule has 0 saturated heterocycles.